The molecular weight excluding hydrogens is 310 g/mol. The van der Waals surface area contributed by atoms with Crippen LogP contribution in [0.2, 0.25) is 0 Å². The number of carbonyl (C=O) groups is 1. The Hall–Kier alpha value is -0.960. The van der Waals surface area contributed by atoms with Crippen molar-refractivity contribution in [3.05, 3.63) is 17.5 Å². The fourth-order valence-corrected chi connectivity index (χ4v) is 5.16. The second-order valence-electron chi connectivity index (χ2n) is 4.85. The van der Waals surface area contributed by atoms with Gasteiger partial charge in [0.15, 0.2) is 0 Å². The number of hydrogen-bond donors (Lipinski definition) is 2. The highest BCUT2D eigenvalue weighted by Crippen LogP contribution is 2.28. The van der Waals surface area contributed by atoms with Crippen molar-refractivity contribution in [2.24, 2.45) is 0 Å². The van der Waals surface area contributed by atoms with Crippen LogP contribution in [0.1, 0.15) is 19.8 Å². The molecule has 1 aliphatic rings. The Morgan fingerprint density at radius 2 is 2.29 bits per heavy atom. The van der Waals surface area contributed by atoms with Crippen LogP contribution in [-0.4, -0.2) is 50.9 Å². The molecule has 0 bridgehead atoms. The average Bonchev–Trinajstić information content (AvgIpc) is 3.13. The van der Waals surface area contributed by atoms with Crippen molar-refractivity contribution in [1.29, 1.82) is 0 Å². The molecule has 118 valence electrons. The highest BCUT2D eigenvalue weighted by molar-refractivity contribution is 7.91. The molecule has 1 unspecified atom stereocenters. The second-order valence-corrected chi connectivity index (χ2v) is 7.92. The Balaban J connectivity index is 2.02. The van der Waals surface area contributed by atoms with E-state index in [2.05, 4.69) is 10.6 Å². The van der Waals surface area contributed by atoms with E-state index in [4.69, 9.17) is 0 Å². The summed E-state index contributed by atoms with van der Waals surface area (Å²) in [4.78, 5) is 12.2. The maximum atomic E-state index is 12.5. The van der Waals surface area contributed by atoms with Crippen LogP contribution in [-0.2, 0) is 14.8 Å². The van der Waals surface area contributed by atoms with Gasteiger partial charge in [-0.1, -0.05) is 13.0 Å². The Morgan fingerprint density at radius 3 is 2.95 bits per heavy atom. The molecule has 0 aromatic carbocycles. The molecule has 1 atom stereocenters. The van der Waals surface area contributed by atoms with Gasteiger partial charge in [0.05, 0.1) is 0 Å². The molecule has 2 heterocycles. The smallest absolute Gasteiger partial charge is 0.253 e. The van der Waals surface area contributed by atoms with Crippen LogP contribution in [0.5, 0.6) is 0 Å². The van der Waals surface area contributed by atoms with E-state index in [-0.39, 0.29) is 5.91 Å². The zero-order chi connectivity index (χ0) is 15.3. The van der Waals surface area contributed by atoms with E-state index in [1.54, 1.807) is 17.5 Å². The Labute approximate surface area is 129 Å². The second kappa shape index (κ2) is 7.35. The number of nitrogens with zero attached hydrogens (tertiary/aromatic N) is 1. The Kier molecular flexibility index (Phi) is 5.74. The number of hydrogen-bond acceptors (Lipinski definition) is 5. The lowest BCUT2D eigenvalue weighted by molar-refractivity contribution is -0.124. The van der Waals surface area contributed by atoms with Gasteiger partial charge in [-0.15, -0.1) is 11.3 Å². The summed E-state index contributed by atoms with van der Waals surface area (Å²) in [6.45, 7) is 4.44. The van der Waals surface area contributed by atoms with Crippen LogP contribution in [0.4, 0.5) is 0 Å². The minimum Gasteiger partial charge on any atom is -0.353 e. The predicted molar refractivity (Wildman–Crippen MR) is 82.8 cm³/mol. The van der Waals surface area contributed by atoms with E-state index in [1.807, 2.05) is 6.92 Å². The maximum absolute atomic E-state index is 12.5. The largest absolute Gasteiger partial charge is 0.353 e. The van der Waals surface area contributed by atoms with Crippen molar-refractivity contribution >= 4 is 27.3 Å². The third-order valence-electron chi connectivity index (χ3n) is 3.42. The van der Waals surface area contributed by atoms with E-state index >= 15 is 0 Å². The number of carbonyl (C=O) groups excluding carboxylic acids is 1. The Morgan fingerprint density at radius 1 is 1.48 bits per heavy atom. The molecule has 2 N–H and O–H groups in total. The van der Waals surface area contributed by atoms with Gasteiger partial charge in [0.25, 0.3) is 10.0 Å². The molecular formula is C13H21N3O3S2. The molecule has 1 aliphatic heterocycles. The molecule has 8 heteroatoms. The normalized spacial score (nSPS) is 19.8. The summed E-state index contributed by atoms with van der Waals surface area (Å²) >= 11 is 1.18. The minimum absolute atomic E-state index is 0.203. The highest BCUT2D eigenvalue weighted by atomic mass is 32.2. The van der Waals surface area contributed by atoms with Crippen molar-refractivity contribution in [2.45, 2.75) is 30.0 Å². The van der Waals surface area contributed by atoms with Crippen molar-refractivity contribution in [2.75, 3.05) is 26.2 Å². The lowest BCUT2D eigenvalue weighted by atomic mass is 10.2. The maximum Gasteiger partial charge on any atom is 0.253 e. The minimum atomic E-state index is -3.55. The SMILES string of the molecule is CCNCCNC(=O)C1CCCN1S(=O)(=O)c1cccs1. The van der Waals surface area contributed by atoms with E-state index < -0.39 is 16.1 Å². The fourth-order valence-electron chi connectivity index (χ4n) is 2.38. The van der Waals surface area contributed by atoms with Crippen LogP contribution in [0.25, 0.3) is 0 Å². The summed E-state index contributed by atoms with van der Waals surface area (Å²) in [7, 11) is -3.55. The number of likely N-dealkylation sites (N-methyl/N-ethyl adjacent to an activating group) is 1. The van der Waals surface area contributed by atoms with Crippen LogP contribution in [0.3, 0.4) is 0 Å². The van der Waals surface area contributed by atoms with Gasteiger partial charge in [-0.05, 0) is 30.8 Å². The van der Waals surface area contributed by atoms with Crippen molar-refractivity contribution in [1.82, 2.24) is 14.9 Å². The van der Waals surface area contributed by atoms with Crippen LogP contribution in [0.15, 0.2) is 21.7 Å². The molecule has 1 amide bonds. The van der Waals surface area contributed by atoms with Gasteiger partial charge < -0.3 is 10.6 Å². The summed E-state index contributed by atoms with van der Waals surface area (Å²) < 4.78 is 26.7. The zero-order valence-corrected chi connectivity index (χ0v) is 13.7. The molecule has 1 aromatic heterocycles. The summed E-state index contributed by atoms with van der Waals surface area (Å²) in [6, 6.07) is 2.70. The molecule has 1 aromatic rings. The van der Waals surface area contributed by atoms with Crippen LogP contribution < -0.4 is 10.6 Å². The molecule has 0 aliphatic carbocycles. The van der Waals surface area contributed by atoms with Gasteiger partial charge in [0, 0.05) is 19.6 Å². The fraction of sp³-hybridized carbons (Fsp3) is 0.615. The predicted octanol–water partition coefficient (Wildman–Crippen LogP) is 0.627. The number of sulfonamides is 1. The lowest BCUT2D eigenvalue weighted by Crippen LogP contribution is -2.47. The van der Waals surface area contributed by atoms with E-state index in [0.717, 1.165) is 13.0 Å². The molecule has 0 saturated carbocycles. The lowest BCUT2D eigenvalue weighted by Gasteiger charge is -2.22. The van der Waals surface area contributed by atoms with Gasteiger partial charge in [-0.2, -0.15) is 4.31 Å². The van der Waals surface area contributed by atoms with Gasteiger partial charge >= 0.3 is 0 Å². The monoisotopic (exact) mass is 331 g/mol. The molecule has 6 nitrogen and oxygen atoms in total. The van der Waals surface area contributed by atoms with Gasteiger partial charge in [-0.25, -0.2) is 8.42 Å². The van der Waals surface area contributed by atoms with Crippen LogP contribution >= 0.6 is 11.3 Å². The Bertz CT molecular complexity index is 557. The topological polar surface area (TPSA) is 78.5 Å². The van der Waals surface area contributed by atoms with Crippen molar-refractivity contribution in [3.63, 3.8) is 0 Å². The highest BCUT2D eigenvalue weighted by Gasteiger charge is 2.39. The molecule has 2 rings (SSSR count). The van der Waals surface area contributed by atoms with E-state index in [1.165, 1.54) is 15.6 Å². The number of rotatable bonds is 7. The zero-order valence-electron chi connectivity index (χ0n) is 12.0. The van der Waals surface area contributed by atoms with E-state index in [9.17, 15) is 13.2 Å². The number of thiophene rings is 1. The van der Waals surface area contributed by atoms with Crippen molar-refractivity contribution < 1.29 is 13.2 Å². The van der Waals surface area contributed by atoms with Crippen molar-refractivity contribution in [3.8, 4) is 0 Å². The quantitative estimate of drug-likeness (QED) is 0.718. The third kappa shape index (κ3) is 3.82. The first-order valence-corrected chi connectivity index (χ1v) is 9.43. The van der Waals surface area contributed by atoms with E-state index in [0.29, 0.717) is 30.3 Å². The van der Waals surface area contributed by atoms with Gasteiger partial charge in [-0.3, -0.25) is 4.79 Å². The summed E-state index contributed by atoms with van der Waals surface area (Å²) in [5.41, 5.74) is 0. The first-order chi connectivity index (χ1) is 10.1. The number of amides is 1. The number of nitrogens with one attached hydrogen (secondary N) is 2. The molecule has 0 spiro atoms. The summed E-state index contributed by atoms with van der Waals surface area (Å²) in [5.74, 6) is -0.203. The molecule has 0 radical (unpaired) electrons. The van der Waals surface area contributed by atoms with Gasteiger partial charge in [0.2, 0.25) is 5.91 Å². The van der Waals surface area contributed by atoms with Gasteiger partial charge in [0.1, 0.15) is 10.3 Å². The first kappa shape index (κ1) is 16.4. The third-order valence-corrected chi connectivity index (χ3v) is 6.70. The molecule has 21 heavy (non-hydrogen) atoms. The summed E-state index contributed by atoms with van der Waals surface area (Å²) in [6.07, 6.45) is 1.30. The van der Waals surface area contributed by atoms with Crippen LogP contribution in [0, 0.1) is 0 Å². The first-order valence-electron chi connectivity index (χ1n) is 7.11. The summed E-state index contributed by atoms with van der Waals surface area (Å²) in [5, 5.41) is 7.65. The average molecular weight is 331 g/mol. The molecule has 1 fully saturated rings. The molecule has 1 saturated heterocycles. The standard InChI is InChI=1S/C13H21N3O3S2/c1-2-14-7-8-15-13(17)11-5-3-9-16(11)21(18,19)12-6-4-10-20-12/h4,6,10-11,14H,2-3,5,7-9H2,1H3,(H,15,17).